The Morgan fingerprint density at radius 3 is 2.58 bits per heavy atom. The Morgan fingerprint density at radius 1 is 1.18 bits per heavy atom. The van der Waals surface area contributed by atoms with Crippen LogP contribution in [0.25, 0.3) is 0 Å². The standard InChI is InChI=1S/C22H19F3N4O3.ClH/c1-32-18-9-5-8-16(10-18)19-11-21(31,22(23,24)25)29(27-19)20(30)17-12-26-28(14-17)13-15-6-3-2-4-7-15;/h2-10,12,14,31H,11,13H2,1H3;1H. The molecule has 2 aromatic carbocycles. The summed E-state index contributed by atoms with van der Waals surface area (Å²) in [7, 11) is 1.42. The molecule has 3 aromatic rings. The van der Waals surface area contributed by atoms with Crippen LogP contribution in [0.4, 0.5) is 13.2 Å². The molecule has 1 unspecified atom stereocenters. The molecule has 2 heterocycles. The number of amides is 1. The van der Waals surface area contributed by atoms with E-state index in [0.29, 0.717) is 17.9 Å². The second-order valence-corrected chi connectivity index (χ2v) is 7.30. The Kier molecular flexibility index (Phi) is 6.80. The quantitative estimate of drug-likeness (QED) is 0.601. The van der Waals surface area contributed by atoms with Gasteiger partial charge in [0.25, 0.3) is 11.6 Å². The number of nitrogens with zero attached hydrogens (tertiary/aromatic N) is 4. The van der Waals surface area contributed by atoms with Gasteiger partial charge in [-0.1, -0.05) is 42.5 Å². The maximum atomic E-state index is 13.8. The average Bonchev–Trinajstić information content (AvgIpc) is 3.39. The van der Waals surface area contributed by atoms with Gasteiger partial charge in [0, 0.05) is 11.8 Å². The van der Waals surface area contributed by atoms with E-state index in [1.165, 1.54) is 30.1 Å². The minimum Gasteiger partial charge on any atom is -0.497 e. The second kappa shape index (κ2) is 9.24. The summed E-state index contributed by atoms with van der Waals surface area (Å²) in [4.78, 5) is 13.0. The molecule has 1 aromatic heterocycles. The van der Waals surface area contributed by atoms with Gasteiger partial charge in [0.2, 0.25) is 0 Å². The van der Waals surface area contributed by atoms with Crippen LogP contribution in [-0.2, 0) is 6.54 Å². The van der Waals surface area contributed by atoms with E-state index >= 15 is 0 Å². The summed E-state index contributed by atoms with van der Waals surface area (Å²) >= 11 is 0. The smallest absolute Gasteiger partial charge is 0.438 e. The predicted molar refractivity (Wildman–Crippen MR) is 116 cm³/mol. The van der Waals surface area contributed by atoms with Crippen molar-refractivity contribution in [3.8, 4) is 5.75 Å². The fourth-order valence-electron chi connectivity index (χ4n) is 3.40. The van der Waals surface area contributed by atoms with Gasteiger partial charge in [0.15, 0.2) is 0 Å². The minimum atomic E-state index is -5.13. The van der Waals surface area contributed by atoms with E-state index in [-0.39, 0.29) is 28.7 Å². The third kappa shape index (κ3) is 4.71. The molecule has 1 aliphatic rings. The average molecular weight is 481 g/mol. The lowest BCUT2D eigenvalue weighted by Gasteiger charge is -2.32. The maximum Gasteiger partial charge on any atom is 0.438 e. The molecule has 33 heavy (non-hydrogen) atoms. The van der Waals surface area contributed by atoms with Gasteiger partial charge in [-0.2, -0.15) is 28.4 Å². The highest BCUT2D eigenvalue weighted by atomic mass is 35.5. The molecule has 1 aliphatic heterocycles. The SMILES string of the molecule is COc1cccc(C2=NN(C(=O)c3cnn(Cc4ccccc4)c3)C(O)(C(F)(F)F)C2)c1.Cl. The number of carbonyl (C=O) groups is 1. The summed E-state index contributed by atoms with van der Waals surface area (Å²) < 4.78 is 48.0. The van der Waals surface area contributed by atoms with Crippen molar-refractivity contribution in [3.05, 3.63) is 83.7 Å². The Hall–Kier alpha value is -3.37. The molecular formula is C22H20ClF3N4O3. The highest BCUT2D eigenvalue weighted by Crippen LogP contribution is 2.42. The number of aromatic nitrogens is 2. The summed E-state index contributed by atoms with van der Waals surface area (Å²) in [6.07, 6.45) is -3.56. The van der Waals surface area contributed by atoms with Crippen molar-refractivity contribution < 1.29 is 27.8 Å². The zero-order valence-electron chi connectivity index (χ0n) is 17.4. The molecule has 0 saturated carbocycles. The predicted octanol–water partition coefficient (Wildman–Crippen LogP) is 3.86. The minimum absolute atomic E-state index is 0. The molecule has 7 nitrogen and oxygen atoms in total. The van der Waals surface area contributed by atoms with Crippen molar-refractivity contribution in [2.75, 3.05) is 7.11 Å². The number of methoxy groups -OCH3 is 1. The maximum absolute atomic E-state index is 13.8. The van der Waals surface area contributed by atoms with Crippen LogP contribution in [0.3, 0.4) is 0 Å². The number of hydrogen-bond acceptors (Lipinski definition) is 5. The number of hydrogen-bond donors (Lipinski definition) is 1. The first-order chi connectivity index (χ1) is 15.2. The van der Waals surface area contributed by atoms with Crippen LogP contribution < -0.4 is 4.74 Å². The Bertz CT molecular complexity index is 1170. The molecule has 4 rings (SSSR count). The van der Waals surface area contributed by atoms with E-state index in [2.05, 4.69) is 10.2 Å². The van der Waals surface area contributed by atoms with Gasteiger partial charge in [-0.25, -0.2) is 0 Å². The van der Waals surface area contributed by atoms with Gasteiger partial charge in [-0.15, -0.1) is 12.4 Å². The van der Waals surface area contributed by atoms with Crippen LogP contribution in [-0.4, -0.2) is 50.5 Å². The van der Waals surface area contributed by atoms with Gasteiger partial charge < -0.3 is 9.84 Å². The van der Waals surface area contributed by atoms with E-state index in [1.54, 1.807) is 12.1 Å². The van der Waals surface area contributed by atoms with Crippen molar-refractivity contribution >= 4 is 24.0 Å². The molecule has 0 saturated heterocycles. The van der Waals surface area contributed by atoms with Crippen molar-refractivity contribution in [1.82, 2.24) is 14.8 Å². The normalized spacial score (nSPS) is 18.0. The summed E-state index contributed by atoms with van der Waals surface area (Å²) in [6, 6.07) is 15.5. The zero-order chi connectivity index (χ0) is 22.9. The van der Waals surface area contributed by atoms with Gasteiger partial charge in [-0.05, 0) is 17.7 Å². The zero-order valence-corrected chi connectivity index (χ0v) is 18.2. The monoisotopic (exact) mass is 480 g/mol. The lowest BCUT2D eigenvalue weighted by Crippen LogP contribution is -2.56. The van der Waals surface area contributed by atoms with Crippen LogP contribution in [0.15, 0.2) is 72.1 Å². The number of carbonyl (C=O) groups excluding carboxylic acids is 1. The van der Waals surface area contributed by atoms with Crippen LogP contribution >= 0.6 is 12.4 Å². The third-order valence-electron chi connectivity index (χ3n) is 5.10. The Morgan fingerprint density at radius 2 is 1.91 bits per heavy atom. The van der Waals surface area contributed by atoms with Crippen LogP contribution in [0.1, 0.15) is 27.9 Å². The van der Waals surface area contributed by atoms with E-state index in [1.807, 2.05) is 30.3 Å². The second-order valence-electron chi connectivity index (χ2n) is 7.30. The van der Waals surface area contributed by atoms with Crippen molar-refractivity contribution in [1.29, 1.82) is 0 Å². The van der Waals surface area contributed by atoms with Crippen molar-refractivity contribution in [3.63, 3.8) is 0 Å². The Labute approximate surface area is 193 Å². The largest absolute Gasteiger partial charge is 0.497 e. The van der Waals surface area contributed by atoms with Gasteiger partial charge in [-0.3, -0.25) is 9.48 Å². The summed E-state index contributed by atoms with van der Waals surface area (Å²) in [5.74, 6) is -0.699. The van der Waals surface area contributed by atoms with E-state index in [0.717, 1.165) is 11.8 Å². The first-order valence-corrected chi connectivity index (χ1v) is 9.63. The molecular weight excluding hydrogens is 461 g/mol. The fourth-order valence-corrected chi connectivity index (χ4v) is 3.40. The first kappa shape index (κ1) is 24.3. The van der Waals surface area contributed by atoms with E-state index < -0.39 is 24.2 Å². The van der Waals surface area contributed by atoms with Crippen molar-refractivity contribution in [2.24, 2.45) is 5.10 Å². The number of aliphatic hydroxyl groups is 1. The highest BCUT2D eigenvalue weighted by molar-refractivity contribution is 6.05. The molecule has 1 atom stereocenters. The van der Waals surface area contributed by atoms with Crippen LogP contribution in [0, 0.1) is 0 Å². The van der Waals surface area contributed by atoms with Gasteiger partial charge >= 0.3 is 6.18 Å². The molecule has 0 radical (unpaired) electrons. The van der Waals surface area contributed by atoms with E-state index in [4.69, 9.17) is 4.74 Å². The molecule has 0 fully saturated rings. The Balaban J connectivity index is 0.00000306. The summed E-state index contributed by atoms with van der Waals surface area (Å²) in [5.41, 5.74) is -2.49. The molecule has 0 bridgehead atoms. The van der Waals surface area contributed by atoms with Gasteiger partial charge in [0.1, 0.15) is 5.75 Å². The lowest BCUT2D eigenvalue weighted by molar-refractivity contribution is -0.297. The molecule has 11 heteroatoms. The summed E-state index contributed by atoms with van der Waals surface area (Å²) in [5, 5.41) is 18.5. The fraction of sp³-hybridized carbons (Fsp3) is 0.227. The number of halogens is 4. The summed E-state index contributed by atoms with van der Waals surface area (Å²) in [6.45, 7) is 0.329. The molecule has 174 valence electrons. The topological polar surface area (TPSA) is 80.0 Å². The number of hydrazone groups is 1. The van der Waals surface area contributed by atoms with Crippen molar-refractivity contribution in [2.45, 2.75) is 24.9 Å². The lowest BCUT2D eigenvalue weighted by atomic mass is 10.0. The molecule has 1 amide bonds. The first-order valence-electron chi connectivity index (χ1n) is 9.63. The third-order valence-corrected chi connectivity index (χ3v) is 5.10. The van der Waals surface area contributed by atoms with Gasteiger partial charge in [0.05, 0.1) is 37.5 Å². The van der Waals surface area contributed by atoms with Crippen LogP contribution in [0.2, 0.25) is 0 Å². The number of rotatable bonds is 5. The van der Waals surface area contributed by atoms with Crippen LogP contribution in [0.5, 0.6) is 5.75 Å². The van der Waals surface area contributed by atoms with E-state index in [9.17, 15) is 23.1 Å². The highest BCUT2D eigenvalue weighted by Gasteiger charge is 2.63. The molecule has 0 aliphatic carbocycles. The molecule has 0 spiro atoms. The molecule has 1 N–H and O–H groups in total. The number of ether oxygens (including phenoxy) is 1. The number of benzene rings is 2. The number of alkyl halides is 3.